The van der Waals surface area contributed by atoms with Crippen LogP contribution in [0.2, 0.25) is 10.0 Å². The number of carboxylic acid groups (broad SMARTS) is 1. The highest BCUT2D eigenvalue weighted by molar-refractivity contribution is 6.32. The SMILES string of the molecule is CC(C)[C@H](CC(=O)NC[C@H](Cc1ccc(O)c(Cl)c1)N(C)C)c1cccnc1.CC(C)[C@H](CC(=O)O)c1cccnc1.CN(C)[C@H](CN)Cc1ccc(O)c(Cl)c1. The number of phenolic OH excluding ortho intramolecular Hbond substituents is 2. The minimum absolute atomic E-state index is 0.0399. The number of hydrogen-bond donors (Lipinski definition) is 5. The number of phenols is 2. The molecule has 4 atom stereocenters. The van der Waals surface area contributed by atoms with E-state index in [1.807, 2.05) is 84.6 Å². The topological polar surface area (TPSA) is 165 Å². The Morgan fingerprint density at radius 2 is 1.16 bits per heavy atom. The van der Waals surface area contributed by atoms with Gasteiger partial charge < -0.3 is 36.2 Å². The Bertz CT molecular complexity index is 1780. The fourth-order valence-corrected chi connectivity index (χ4v) is 6.58. The number of hydrogen-bond acceptors (Lipinski definition) is 9. The van der Waals surface area contributed by atoms with Crippen molar-refractivity contribution in [3.8, 4) is 11.5 Å². The average Bonchev–Trinajstić information content (AvgIpc) is 3.17. The number of aromatic nitrogens is 2. The van der Waals surface area contributed by atoms with E-state index in [0.29, 0.717) is 47.4 Å². The number of likely N-dealkylation sites (N-methyl/N-ethyl adjacent to an activating group) is 2. The summed E-state index contributed by atoms with van der Waals surface area (Å²) in [5.41, 5.74) is 9.87. The number of carboxylic acids is 1. The third-order valence-corrected chi connectivity index (χ3v) is 10.5. The molecule has 312 valence electrons. The summed E-state index contributed by atoms with van der Waals surface area (Å²) < 4.78 is 0. The van der Waals surface area contributed by atoms with Crippen molar-refractivity contribution < 1.29 is 24.9 Å². The summed E-state index contributed by atoms with van der Waals surface area (Å²) in [5.74, 6) is 0.341. The number of halogens is 2. The van der Waals surface area contributed by atoms with Crippen LogP contribution < -0.4 is 11.1 Å². The van der Waals surface area contributed by atoms with E-state index in [4.69, 9.17) is 34.0 Å². The quantitative estimate of drug-likeness (QED) is 0.0715. The van der Waals surface area contributed by atoms with Crippen molar-refractivity contribution in [2.45, 2.75) is 77.3 Å². The van der Waals surface area contributed by atoms with Gasteiger partial charge in [-0.25, -0.2) is 0 Å². The van der Waals surface area contributed by atoms with E-state index in [1.165, 1.54) is 0 Å². The van der Waals surface area contributed by atoms with Crippen LogP contribution in [0.15, 0.2) is 85.5 Å². The first-order chi connectivity index (χ1) is 26.9. The molecule has 0 radical (unpaired) electrons. The molecule has 13 heteroatoms. The van der Waals surface area contributed by atoms with Crippen LogP contribution in [0.3, 0.4) is 0 Å². The first-order valence-electron chi connectivity index (χ1n) is 19.2. The number of carbonyl (C=O) groups is 2. The molecule has 0 aliphatic carbocycles. The number of pyridine rings is 2. The fraction of sp³-hybridized carbons (Fsp3) is 0.455. The second-order valence-electron chi connectivity index (χ2n) is 15.3. The number of nitrogens with zero attached hydrogens (tertiary/aromatic N) is 4. The summed E-state index contributed by atoms with van der Waals surface area (Å²) in [6.45, 7) is 9.46. The van der Waals surface area contributed by atoms with Crippen molar-refractivity contribution >= 4 is 35.1 Å². The van der Waals surface area contributed by atoms with Gasteiger partial charge in [0.2, 0.25) is 5.91 Å². The number of aliphatic carboxylic acids is 1. The smallest absolute Gasteiger partial charge is 0.303 e. The zero-order valence-electron chi connectivity index (χ0n) is 34.6. The predicted octanol–water partition coefficient (Wildman–Crippen LogP) is 7.63. The van der Waals surface area contributed by atoms with Gasteiger partial charge in [-0.1, -0.05) is 75.2 Å². The van der Waals surface area contributed by atoms with Crippen molar-refractivity contribution in [1.29, 1.82) is 0 Å². The maximum absolute atomic E-state index is 12.6. The van der Waals surface area contributed by atoms with Gasteiger partial charge in [0, 0.05) is 56.4 Å². The van der Waals surface area contributed by atoms with E-state index in [2.05, 4.69) is 38.9 Å². The Morgan fingerprint density at radius 3 is 1.51 bits per heavy atom. The molecule has 0 bridgehead atoms. The maximum atomic E-state index is 12.6. The zero-order chi connectivity index (χ0) is 42.7. The lowest BCUT2D eigenvalue weighted by Gasteiger charge is -2.26. The van der Waals surface area contributed by atoms with Crippen LogP contribution in [0, 0.1) is 11.8 Å². The Kier molecular flexibility index (Phi) is 21.6. The number of carbonyl (C=O) groups excluding carboxylic acids is 1. The number of amides is 1. The van der Waals surface area contributed by atoms with Crippen molar-refractivity contribution in [3.63, 3.8) is 0 Å². The minimum Gasteiger partial charge on any atom is -0.506 e. The van der Waals surface area contributed by atoms with Crippen LogP contribution in [0.25, 0.3) is 0 Å². The molecule has 4 aromatic rings. The number of aromatic hydroxyl groups is 2. The van der Waals surface area contributed by atoms with Gasteiger partial charge in [-0.2, -0.15) is 0 Å². The van der Waals surface area contributed by atoms with Crippen LogP contribution in [-0.2, 0) is 22.4 Å². The highest BCUT2D eigenvalue weighted by Crippen LogP contribution is 2.29. The largest absolute Gasteiger partial charge is 0.506 e. The number of benzene rings is 2. The summed E-state index contributed by atoms with van der Waals surface area (Å²) in [6.07, 6.45) is 9.20. The van der Waals surface area contributed by atoms with Crippen LogP contribution in [0.1, 0.15) is 74.6 Å². The standard InChI is InChI=1S/C22H30ClN3O2.C11H17ClN2O.C11H15NO2/c1-15(2)19(17-6-5-9-24-13-17)12-22(28)25-14-18(26(3)4)10-16-7-8-21(27)20(23)11-16;1-14(2)9(7-13)5-8-3-4-11(15)10(12)6-8;1-8(2)10(6-11(13)14)9-4-3-5-12-7-9/h5-9,11,13,15,18-19,27H,10,12,14H2,1-4H3,(H,25,28);3-4,6,9,15H,5,7,13H2,1-2H3;3-5,7-8,10H,6H2,1-2H3,(H,13,14)/t18-,19-;9-;10-/m000/s1. The second-order valence-corrected chi connectivity index (χ2v) is 16.1. The first-order valence-corrected chi connectivity index (χ1v) is 19.9. The molecule has 1 amide bonds. The number of nitrogens with one attached hydrogen (secondary N) is 1. The molecule has 0 aliphatic rings. The first kappa shape index (κ1) is 48.9. The third kappa shape index (κ3) is 17.8. The molecule has 0 spiro atoms. The highest BCUT2D eigenvalue weighted by atomic mass is 35.5. The molecule has 0 saturated heterocycles. The lowest BCUT2D eigenvalue weighted by molar-refractivity contribution is -0.137. The van der Waals surface area contributed by atoms with E-state index in [-0.39, 0.29) is 41.7 Å². The fourth-order valence-electron chi connectivity index (χ4n) is 6.17. The van der Waals surface area contributed by atoms with E-state index in [9.17, 15) is 19.8 Å². The Morgan fingerprint density at radius 1 is 0.719 bits per heavy atom. The normalized spacial score (nSPS) is 13.2. The molecule has 0 unspecified atom stereocenters. The Labute approximate surface area is 349 Å². The third-order valence-electron chi connectivity index (χ3n) is 9.87. The summed E-state index contributed by atoms with van der Waals surface area (Å²) in [4.78, 5) is 35.6. The van der Waals surface area contributed by atoms with E-state index < -0.39 is 5.97 Å². The van der Waals surface area contributed by atoms with Crippen LogP contribution in [0.5, 0.6) is 11.5 Å². The van der Waals surface area contributed by atoms with Crippen molar-refractivity contribution in [2.24, 2.45) is 17.6 Å². The summed E-state index contributed by atoms with van der Waals surface area (Å²) in [6, 6.07) is 18.6. The van der Waals surface area contributed by atoms with Crippen LogP contribution >= 0.6 is 23.2 Å². The summed E-state index contributed by atoms with van der Waals surface area (Å²) in [7, 11) is 7.98. The van der Waals surface area contributed by atoms with Gasteiger partial charge in [-0.3, -0.25) is 19.6 Å². The molecule has 11 nitrogen and oxygen atoms in total. The lowest BCUT2D eigenvalue weighted by Crippen LogP contribution is -2.42. The van der Waals surface area contributed by atoms with E-state index in [0.717, 1.165) is 35.1 Å². The van der Waals surface area contributed by atoms with Gasteiger partial charge >= 0.3 is 5.97 Å². The Balaban J connectivity index is 0.000000325. The van der Waals surface area contributed by atoms with Crippen LogP contribution in [-0.4, -0.2) is 100 Å². The van der Waals surface area contributed by atoms with E-state index >= 15 is 0 Å². The van der Waals surface area contributed by atoms with Gasteiger partial charge in [0.25, 0.3) is 0 Å². The van der Waals surface area contributed by atoms with Crippen molar-refractivity contribution in [2.75, 3.05) is 41.3 Å². The molecule has 2 aromatic carbocycles. The molecule has 0 fully saturated rings. The minimum atomic E-state index is -0.757. The average molecular weight is 826 g/mol. The summed E-state index contributed by atoms with van der Waals surface area (Å²) >= 11 is 11.8. The molecule has 0 saturated carbocycles. The maximum Gasteiger partial charge on any atom is 0.303 e. The number of rotatable bonds is 17. The van der Waals surface area contributed by atoms with Gasteiger partial charge in [-0.15, -0.1) is 0 Å². The highest BCUT2D eigenvalue weighted by Gasteiger charge is 2.22. The van der Waals surface area contributed by atoms with Crippen molar-refractivity contribution in [3.05, 3.63) is 118 Å². The Hall–Kier alpha value is -4.26. The second kappa shape index (κ2) is 25.2. The van der Waals surface area contributed by atoms with E-state index in [1.54, 1.807) is 42.9 Å². The van der Waals surface area contributed by atoms with Crippen molar-refractivity contribution in [1.82, 2.24) is 25.1 Å². The molecule has 6 N–H and O–H groups in total. The van der Waals surface area contributed by atoms with Crippen LogP contribution in [0.4, 0.5) is 0 Å². The summed E-state index contributed by atoms with van der Waals surface area (Å²) in [5, 5.41) is 31.4. The number of nitrogens with two attached hydrogens (primary N) is 1. The molecule has 0 aliphatic heterocycles. The molecule has 2 aromatic heterocycles. The van der Waals surface area contributed by atoms with Gasteiger partial charge in [0.15, 0.2) is 0 Å². The molecule has 57 heavy (non-hydrogen) atoms. The predicted molar refractivity (Wildman–Crippen MR) is 231 cm³/mol. The monoisotopic (exact) mass is 824 g/mol. The zero-order valence-corrected chi connectivity index (χ0v) is 36.1. The van der Waals surface area contributed by atoms with Gasteiger partial charge in [-0.05, 0) is 123 Å². The molecule has 2 heterocycles. The molecule has 4 rings (SSSR count). The van der Waals surface area contributed by atoms with Gasteiger partial charge in [0.1, 0.15) is 11.5 Å². The van der Waals surface area contributed by atoms with Gasteiger partial charge in [0.05, 0.1) is 16.5 Å². The molecular weight excluding hydrogens is 763 g/mol. The molecular formula is C44H62Cl2N6O5. The lowest BCUT2D eigenvalue weighted by atomic mass is 9.86.